The predicted octanol–water partition coefficient (Wildman–Crippen LogP) is 1.84. The first-order valence-electron chi connectivity index (χ1n) is 3.28. The summed E-state index contributed by atoms with van der Waals surface area (Å²) in [6.45, 7) is 0. The van der Waals surface area contributed by atoms with Crippen molar-refractivity contribution in [3.63, 3.8) is 0 Å². The van der Waals surface area contributed by atoms with Crippen molar-refractivity contribution < 1.29 is 9.26 Å². The van der Waals surface area contributed by atoms with Gasteiger partial charge in [-0.05, 0) is 18.2 Å². The normalized spacial score (nSPS) is 10.3. The maximum Gasteiger partial charge on any atom is 0.131 e. The van der Waals surface area contributed by atoms with Crippen molar-refractivity contribution in [2.24, 2.45) is 0 Å². The van der Waals surface area contributed by atoms with Gasteiger partial charge in [0.15, 0.2) is 0 Å². The Labute approximate surface area is 63.6 Å². The minimum Gasteiger partial charge on any atom is -0.497 e. The lowest BCUT2D eigenvalue weighted by molar-refractivity contribution is 0.415. The molecule has 0 N–H and O–H groups in total. The van der Waals surface area contributed by atoms with Crippen molar-refractivity contribution in [3.8, 4) is 5.75 Å². The maximum absolute atomic E-state index is 5.02. The van der Waals surface area contributed by atoms with Crippen LogP contribution in [0.3, 0.4) is 0 Å². The molecular formula is C8H7NO2. The Hall–Kier alpha value is -1.51. The number of nitrogens with zero attached hydrogens (tertiary/aromatic N) is 1. The predicted molar refractivity (Wildman–Crippen MR) is 40.6 cm³/mol. The lowest BCUT2D eigenvalue weighted by atomic mass is 10.2. The fraction of sp³-hybridized carbons (Fsp3) is 0.125. The summed E-state index contributed by atoms with van der Waals surface area (Å²) in [5.74, 6) is 0.820. The average Bonchev–Trinajstić information content (AvgIpc) is 2.50. The molecule has 0 unspecified atom stereocenters. The second-order valence-corrected chi connectivity index (χ2v) is 2.24. The van der Waals surface area contributed by atoms with E-state index in [2.05, 4.69) is 5.16 Å². The standard InChI is InChI=1S/C8H7NO2/c1-10-7-2-3-8-6(4-7)5-11-9-8/h2-5H,1H3. The van der Waals surface area contributed by atoms with Gasteiger partial charge in [0.05, 0.1) is 7.11 Å². The molecule has 0 aliphatic heterocycles. The molecular weight excluding hydrogens is 142 g/mol. The highest BCUT2D eigenvalue weighted by Crippen LogP contribution is 2.18. The van der Waals surface area contributed by atoms with Crippen LogP contribution in [-0.2, 0) is 0 Å². The number of methoxy groups -OCH3 is 1. The molecule has 0 saturated heterocycles. The molecule has 0 bridgehead atoms. The van der Waals surface area contributed by atoms with Gasteiger partial charge in [0.2, 0.25) is 0 Å². The zero-order valence-electron chi connectivity index (χ0n) is 6.07. The highest BCUT2D eigenvalue weighted by molar-refractivity contribution is 5.78. The molecule has 56 valence electrons. The number of rotatable bonds is 1. The van der Waals surface area contributed by atoms with Gasteiger partial charge >= 0.3 is 0 Å². The average molecular weight is 149 g/mol. The third-order valence-corrected chi connectivity index (χ3v) is 1.57. The van der Waals surface area contributed by atoms with E-state index in [1.165, 1.54) is 0 Å². The summed E-state index contributed by atoms with van der Waals surface area (Å²) >= 11 is 0. The fourth-order valence-electron chi connectivity index (χ4n) is 0.977. The Morgan fingerprint density at radius 1 is 1.45 bits per heavy atom. The maximum atomic E-state index is 5.02. The molecule has 0 fully saturated rings. The van der Waals surface area contributed by atoms with Gasteiger partial charge in [-0.25, -0.2) is 0 Å². The fourth-order valence-corrected chi connectivity index (χ4v) is 0.977. The molecule has 1 aromatic heterocycles. The number of hydrogen-bond acceptors (Lipinski definition) is 3. The molecule has 11 heavy (non-hydrogen) atoms. The third-order valence-electron chi connectivity index (χ3n) is 1.57. The van der Waals surface area contributed by atoms with Gasteiger partial charge in [-0.2, -0.15) is 0 Å². The molecule has 0 amide bonds. The minimum absolute atomic E-state index is 0.820. The second-order valence-electron chi connectivity index (χ2n) is 2.24. The Morgan fingerprint density at radius 2 is 2.36 bits per heavy atom. The van der Waals surface area contributed by atoms with Crippen LogP contribution in [0.2, 0.25) is 0 Å². The Balaban J connectivity index is 2.67. The van der Waals surface area contributed by atoms with Gasteiger partial charge in [-0.3, -0.25) is 0 Å². The van der Waals surface area contributed by atoms with Crippen LogP contribution < -0.4 is 4.74 Å². The summed E-state index contributed by atoms with van der Waals surface area (Å²) < 4.78 is 9.78. The number of hydrogen-bond donors (Lipinski definition) is 0. The molecule has 0 radical (unpaired) electrons. The molecule has 3 heteroatoms. The number of ether oxygens (including phenoxy) is 1. The van der Waals surface area contributed by atoms with Crippen LogP contribution in [0.4, 0.5) is 0 Å². The van der Waals surface area contributed by atoms with Crippen LogP contribution in [0.15, 0.2) is 29.0 Å². The highest BCUT2D eigenvalue weighted by Gasteiger charge is 1.97. The summed E-state index contributed by atoms with van der Waals surface area (Å²) in [5, 5.41) is 4.73. The Kier molecular flexibility index (Phi) is 1.28. The van der Waals surface area contributed by atoms with Gasteiger partial charge < -0.3 is 9.26 Å². The van der Waals surface area contributed by atoms with E-state index in [-0.39, 0.29) is 0 Å². The smallest absolute Gasteiger partial charge is 0.131 e. The van der Waals surface area contributed by atoms with E-state index in [0.717, 1.165) is 16.7 Å². The van der Waals surface area contributed by atoms with E-state index in [1.807, 2.05) is 18.2 Å². The lowest BCUT2D eigenvalue weighted by Gasteiger charge is -1.95. The molecule has 0 atom stereocenters. The summed E-state index contributed by atoms with van der Waals surface area (Å²) in [7, 11) is 1.63. The first-order chi connectivity index (χ1) is 5.40. The molecule has 0 saturated carbocycles. The number of aromatic nitrogens is 1. The Morgan fingerprint density at radius 3 is 3.18 bits per heavy atom. The molecule has 1 heterocycles. The van der Waals surface area contributed by atoms with E-state index in [1.54, 1.807) is 13.4 Å². The zero-order valence-corrected chi connectivity index (χ0v) is 6.07. The third kappa shape index (κ3) is 0.941. The molecule has 1 aromatic carbocycles. The van der Waals surface area contributed by atoms with Crippen LogP contribution in [0.25, 0.3) is 10.9 Å². The van der Waals surface area contributed by atoms with Crippen molar-refractivity contribution in [1.82, 2.24) is 5.16 Å². The van der Waals surface area contributed by atoms with Gasteiger partial charge in [0.25, 0.3) is 0 Å². The van der Waals surface area contributed by atoms with E-state index < -0.39 is 0 Å². The molecule has 2 aromatic rings. The monoisotopic (exact) mass is 149 g/mol. The van der Waals surface area contributed by atoms with E-state index in [4.69, 9.17) is 9.26 Å². The van der Waals surface area contributed by atoms with Crippen molar-refractivity contribution in [2.75, 3.05) is 7.11 Å². The highest BCUT2D eigenvalue weighted by atomic mass is 16.5. The summed E-state index contributed by atoms with van der Waals surface area (Å²) in [6.07, 6.45) is 1.60. The largest absolute Gasteiger partial charge is 0.497 e. The van der Waals surface area contributed by atoms with Gasteiger partial charge in [-0.1, -0.05) is 5.16 Å². The van der Waals surface area contributed by atoms with E-state index in [9.17, 15) is 0 Å². The number of fused-ring (bicyclic) bond motifs is 1. The summed E-state index contributed by atoms with van der Waals surface area (Å²) in [6, 6.07) is 5.59. The molecule has 2 rings (SSSR count). The lowest BCUT2D eigenvalue weighted by Crippen LogP contribution is -1.80. The van der Waals surface area contributed by atoms with Crippen LogP contribution in [-0.4, -0.2) is 12.3 Å². The molecule has 0 aliphatic rings. The Bertz CT molecular complexity index is 367. The first-order valence-corrected chi connectivity index (χ1v) is 3.28. The van der Waals surface area contributed by atoms with Gasteiger partial charge in [-0.15, -0.1) is 0 Å². The van der Waals surface area contributed by atoms with Gasteiger partial charge in [0.1, 0.15) is 17.5 Å². The number of benzene rings is 1. The molecule has 0 aliphatic carbocycles. The summed E-state index contributed by atoms with van der Waals surface area (Å²) in [5.41, 5.74) is 0.853. The quantitative estimate of drug-likeness (QED) is 0.620. The van der Waals surface area contributed by atoms with Crippen molar-refractivity contribution in [3.05, 3.63) is 24.5 Å². The molecule has 0 spiro atoms. The first kappa shape index (κ1) is 6.22. The van der Waals surface area contributed by atoms with Crippen molar-refractivity contribution in [2.45, 2.75) is 0 Å². The van der Waals surface area contributed by atoms with Crippen LogP contribution in [0, 0.1) is 0 Å². The second kappa shape index (κ2) is 2.27. The SMILES string of the molecule is COc1ccc2nocc2c1. The molecule has 3 nitrogen and oxygen atoms in total. The van der Waals surface area contributed by atoms with Crippen molar-refractivity contribution in [1.29, 1.82) is 0 Å². The van der Waals surface area contributed by atoms with E-state index >= 15 is 0 Å². The van der Waals surface area contributed by atoms with E-state index in [0.29, 0.717) is 0 Å². The van der Waals surface area contributed by atoms with Gasteiger partial charge in [0, 0.05) is 5.39 Å². The van der Waals surface area contributed by atoms with Crippen LogP contribution in [0.1, 0.15) is 0 Å². The van der Waals surface area contributed by atoms with Crippen LogP contribution in [0.5, 0.6) is 5.75 Å². The van der Waals surface area contributed by atoms with Crippen LogP contribution >= 0.6 is 0 Å². The topological polar surface area (TPSA) is 35.3 Å². The zero-order chi connectivity index (χ0) is 7.68. The summed E-state index contributed by atoms with van der Waals surface area (Å²) in [4.78, 5) is 0. The minimum atomic E-state index is 0.820. The van der Waals surface area contributed by atoms with Crippen molar-refractivity contribution >= 4 is 10.9 Å².